The van der Waals surface area contributed by atoms with Crippen molar-refractivity contribution in [3.8, 4) is 17.2 Å². The molecule has 9 nitrogen and oxygen atoms in total. The first-order valence-corrected chi connectivity index (χ1v) is 11.1. The fourth-order valence-electron chi connectivity index (χ4n) is 2.74. The van der Waals surface area contributed by atoms with Gasteiger partial charge in [-0.2, -0.15) is 4.98 Å². The number of nitrogens with zero attached hydrogens (tertiary/aromatic N) is 2. The zero-order valence-corrected chi connectivity index (χ0v) is 19.4. The van der Waals surface area contributed by atoms with Crippen LogP contribution in [0.5, 0.6) is 17.2 Å². The summed E-state index contributed by atoms with van der Waals surface area (Å²) >= 11 is 7.79. The Hall–Kier alpha value is -3.08. The van der Waals surface area contributed by atoms with Crippen LogP contribution >= 0.6 is 23.5 Å². The van der Waals surface area contributed by atoms with Crippen LogP contribution in [-0.2, 0) is 0 Å². The number of hydrogen-bond acceptors (Lipinski definition) is 10. The second kappa shape index (κ2) is 11.5. The standard InChI is InChI=1S/C21H24ClN5O4S/c1-29-13-4-6-16(18(10-13)27-32-3)24-20-15(22)12-23-21(26-20)25-17-7-5-14(31-9-8-28)11-19(17)30-2/h4-7,10-12,27-28H,8-9H2,1-3H3,(H2,23,24,25,26). The second-order valence-corrected chi connectivity index (χ2v) is 7.31. The summed E-state index contributed by atoms with van der Waals surface area (Å²) in [7, 11) is 3.17. The highest BCUT2D eigenvalue weighted by Crippen LogP contribution is 2.34. The van der Waals surface area contributed by atoms with Crippen LogP contribution in [-0.4, -0.2) is 48.8 Å². The van der Waals surface area contributed by atoms with Gasteiger partial charge < -0.3 is 34.7 Å². The van der Waals surface area contributed by atoms with Gasteiger partial charge in [-0.15, -0.1) is 0 Å². The minimum atomic E-state index is -0.0704. The summed E-state index contributed by atoms with van der Waals surface area (Å²) in [4.78, 5) is 8.76. The first kappa shape index (κ1) is 23.6. The summed E-state index contributed by atoms with van der Waals surface area (Å²) in [6, 6.07) is 10.8. The molecule has 4 N–H and O–H groups in total. The molecule has 0 aliphatic carbocycles. The Morgan fingerprint density at radius 2 is 1.78 bits per heavy atom. The Morgan fingerprint density at radius 1 is 1.00 bits per heavy atom. The van der Waals surface area contributed by atoms with Gasteiger partial charge in [-0.05, 0) is 24.3 Å². The number of ether oxygens (including phenoxy) is 3. The number of halogens is 1. The summed E-state index contributed by atoms with van der Waals surface area (Å²) in [5.74, 6) is 2.60. The molecule has 0 aliphatic heterocycles. The van der Waals surface area contributed by atoms with Crippen LogP contribution in [0, 0.1) is 0 Å². The number of methoxy groups -OCH3 is 2. The van der Waals surface area contributed by atoms with Gasteiger partial charge >= 0.3 is 0 Å². The molecule has 0 unspecified atom stereocenters. The number of anilines is 5. The number of rotatable bonds is 11. The average molecular weight is 478 g/mol. The smallest absolute Gasteiger partial charge is 0.229 e. The van der Waals surface area contributed by atoms with Crippen molar-refractivity contribution in [2.45, 2.75) is 0 Å². The van der Waals surface area contributed by atoms with E-state index in [-0.39, 0.29) is 13.2 Å². The van der Waals surface area contributed by atoms with E-state index >= 15 is 0 Å². The number of hydrogen-bond donors (Lipinski definition) is 4. The highest BCUT2D eigenvalue weighted by molar-refractivity contribution is 7.99. The third-order valence-corrected chi connectivity index (χ3v) is 4.92. The van der Waals surface area contributed by atoms with E-state index in [1.807, 2.05) is 24.5 Å². The van der Waals surface area contributed by atoms with E-state index in [2.05, 4.69) is 25.3 Å². The van der Waals surface area contributed by atoms with Gasteiger partial charge in [-0.3, -0.25) is 0 Å². The highest BCUT2D eigenvalue weighted by atomic mass is 35.5. The second-order valence-electron chi connectivity index (χ2n) is 6.29. The Labute approximate surface area is 195 Å². The fourth-order valence-corrected chi connectivity index (χ4v) is 3.27. The molecule has 0 saturated heterocycles. The highest BCUT2D eigenvalue weighted by Gasteiger charge is 2.12. The average Bonchev–Trinajstić information content (AvgIpc) is 2.81. The molecule has 0 fully saturated rings. The minimum Gasteiger partial charge on any atom is -0.497 e. The van der Waals surface area contributed by atoms with Crippen molar-refractivity contribution < 1.29 is 19.3 Å². The lowest BCUT2D eigenvalue weighted by atomic mass is 10.2. The lowest BCUT2D eigenvalue weighted by Gasteiger charge is -2.15. The van der Waals surface area contributed by atoms with Crippen molar-refractivity contribution in [1.82, 2.24) is 9.97 Å². The largest absolute Gasteiger partial charge is 0.497 e. The lowest BCUT2D eigenvalue weighted by Crippen LogP contribution is -2.04. The van der Waals surface area contributed by atoms with Crippen LogP contribution in [0.15, 0.2) is 42.6 Å². The van der Waals surface area contributed by atoms with Crippen LogP contribution in [0.4, 0.5) is 28.8 Å². The summed E-state index contributed by atoms with van der Waals surface area (Å²) in [6.07, 6.45) is 3.44. The molecule has 0 bridgehead atoms. The summed E-state index contributed by atoms with van der Waals surface area (Å²) in [6.45, 7) is 0.128. The van der Waals surface area contributed by atoms with Gasteiger partial charge in [-0.25, -0.2) is 4.98 Å². The van der Waals surface area contributed by atoms with Crippen LogP contribution in [0.3, 0.4) is 0 Å². The maximum absolute atomic E-state index is 8.92. The third kappa shape index (κ3) is 6.00. The number of aliphatic hydroxyl groups is 1. The van der Waals surface area contributed by atoms with Crippen molar-refractivity contribution in [2.75, 3.05) is 49.0 Å². The summed E-state index contributed by atoms with van der Waals surface area (Å²) < 4.78 is 19.3. The normalized spacial score (nSPS) is 10.4. The number of benzene rings is 2. The zero-order chi connectivity index (χ0) is 22.9. The molecular formula is C21H24ClN5O4S. The molecule has 1 heterocycles. The first-order valence-electron chi connectivity index (χ1n) is 9.53. The molecule has 3 rings (SSSR count). The quantitative estimate of drug-likeness (QED) is 0.290. The van der Waals surface area contributed by atoms with E-state index < -0.39 is 0 Å². The minimum absolute atomic E-state index is 0.0704. The predicted molar refractivity (Wildman–Crippen MR) is 129 cm³/mol. The van der Waals surface area contributed by atoms with E-state index in [0.717, 1.165) is 17.1 Å². The van der Waals surface area contributed by atoms with Crippen LogP contribution in [0.1, 0.15) is 0 Å². The molecular weight excluding hydrogens is 454 g/mol. The monoisotopic (exact) mass is 477 g/mol. The molecule has 0 atom stereocenters. The molecule has 1 aromatic heterocycles. The molecule has 32 heavy (non-hydrogen) atoms. The van der Waals surface area contributed by atoms with E-state index in [9.17, 15) is 0 Å². The Bertz CT molecular complexity index is 1060. The van der Waals surface area contributed by atoms with Crippen molar-refractivity contribution in [3.05, 3.63) is 47.6 Å². The Morgan fingerprint density at radius 3 is 2.50 bits per heavy atom. The SMILES string of the molecule is COc1ccc(Nc2nc(Nc3ccc(OCCO)cc3OC)ncc2Cl)c(NSC)c1. The molecule has 0 saturated carbocycles. The lowest BCUT2D eigenvalue weighted by molar-refractivity contribution is 0.201. The van der Waals surface area contributed by atoms with Crippen LogP contribution in [0.2, 0.25) is 5.02 Å². The van der Waals surface area contributed by atoms with E-state index in [0.29, 0.717) is 34.0 Å². The summed E-state index contributed by atoms with van der Waals surface area (Å²) in [5, 5.41) is 15.6. The topological polar surface area (TPSA) is 110 Å². The van der Waals surface area contributed by atoms with Crippen molar-refractivity contribution in [2.24, 2.45) is 0 Å². The van der Waals surface area contributed by atoms with Crippen molar-refractivity contribution in [3.63, 3.8) is 0 Å². The van der Waals surface area contributed by atoms with Gasteiger partial charge in [-0.1, -0.05) is 23.5 Å². The van der Waals surface area contributed by atoms with Crippen molar-refractivity contribution in [1.29, 1.82) is 0 Å². The number of nitrogens with one attached hydrogen (secondary N) is 3. The molecule has 0 spiro atoms. The maximum atomic E-state index is 8.92. The van der Waals surface area contributed by atoms with Gasteiger partial charge in [0.25, 0.3) is 0 Å². The maximum Gasteiger partial charge on any atom is 0.229 e. The van der Waals surface area contributed by atoms with Crippen LogP contribution in [0.25, 0.3) is 0 Å². The van der Waals surface area contributed by atoms with E-state index in [4.69, 9.17) is 30.9 Å². The van der Waals surface area contributed by atoms with Gasteiger partial charge in [0.15, 0.2) is 5.82 Å². The molecule has 0 amide bonds. The van der Waals surface area contributed by atoms with Crippen molar-refractivity contribution >= 4 is 52.4 Å². The number of aromatic nitrogens is 2. The molecule has 3 aromatic rings. The number of aliphatic hydroxyl groups excluding tert-OH is 1. The van der Waals surface area contributed by atoms with Crippen LogP contribution < -0.4 is 29.6 Å². The Balaban J connectivity index is 1.84. The van der Waals surface area contributed by atoms with Gasteiger partial charge in [0.1, 0.15) is 28.9 Å². The van der Waals surface area contributed by atoms with Gasteiger partial charge in [0, 0.05) is 18.4 Å². The van der Waals surface area contributed by atoms with E-state index in [1.165, 1.54) is 18.1 Å². The molecule has 2 aromatic carbocycles. The third-order valence-electron chi connectivity index (χ3n) is 4.22. The predicted octanol–water partition coefficient (Wildman–Crippen LogP) is 4.70. The molecule has 11 heteroatoms. The van der Waals surface area contributed by atoms with E-state index in [1.54, 1.807) is 32.4 Å². The fraction of sp³-hybridized carbons (Fsp3) is 0.238. The van der Waals surface area contributed by atoms with Gasteiger partial charge in [0.2, 0.25) is 5.95 Å². The first-order chi connectivity index (χ1) is 15.6. The molecule has 170 valence electrons. The molecule has 0 radical (unpaired) electrons. The Kier molecular flexibility index (Phi) is 8.48. The summed E-state index contributed by atoms with van der Waals surface area (Å²) in [5.41, 5.74) is 2.24. The zero-order valence-electron chi connectivity index (χ0n) is 17.8. The molecule has 0 aliphatic rings. The van der Waals surface area contributed by atoms with Gasteiger partial charge in [0.05, 0.1) is 44.1 Å².